The van der Waals surface area contributed by atoms with Crippen LogP contribution in [0.1, 0.15) is 40.0 Å². The van der Waals surface area contributed by atoms with Gasteiger partial charge in [-0.25, -0.2) is 0 Å². The van der Waals surface area contributed by atoms with Crippen molar-refractivity contribution in [3.05, 3.63) is 0 Å². The highest BCUT2D eigenvalue weighted by Gasteiger charge is 2.08. The van der Waals surface area contributed by atoms with Crippen molar-refractivity contribution in [3.63, 3.8) is 0 Å². The Labute approximate surface area is 87.2 Å². The molecule has 0 amide bonds. The summed E-state index contributed by atoms with van der Waals surface area (Å²) in [5.41, 5.74) is 0. The predicted molar refractivity (Wildman–Crippen MR) is 58.1 cm³/mol. The zero-order chi connectivity index (χ0) is 10.8. The molecule has 3 heteroatoms. The minimum Gasteiger partial charge on any atom is -0.198 e. The van der Waals surface area contributed by atoms with Crippen molar-refractivity contribution in [2.24, 2.45) is 22.1 Å². The molecule has 0 spiro atoms. The minimum atomic E-state index is 0.0420. The Bertz CT molecular complexity index is 191. The van der Waals surface area contributed by atoms with E-state index in [4.69, 9.17) is 5.26 Å². The number of hydrogen-bond acceptors (Lipinski definition) is 3. The van der Waals surface area contributed by atoms with Gasteiger partial charge in [0.1, 0.15) is 0 Å². The molecule has 0 bridgehead atoms. The molecule has 80 valence electrons. The summed E-state index contributed by atoms with van der Waals surface area (Å²) in [6.07, 6.45) is 3.15. The van der Waals surface area contributed by atoms with E-state index in [2.05, 4.69) is 37.1 Å². The van der Waals surface area contributed by atoms with Gasteiger partial charge < -0.3 is 0 Å². The van der Waals surface area contributed by atoms with Gasteiger partial charge in [-0.15, -0.1) is 0 Å². The van der Waals surface area contributed by atoms with Gasteiger partial charge in [0.15, 0.2) is 0 Å². The van der Waals surface area contributed by atoms with Crippen molar-refractivity contribution in [1.82, 2.24) is 0 Å². The topological polar surface area (TPSA) is 48.5 Å². The van der Waals surface area contributed by atoms with Gasteiger partial charge in [0.2, 0.25) is 0 Å². The first-order chi connectivity index (χ1) is 6.70. The van der Waals surface area contributed by atoms with Crippen LogP contribution in [0.25, 0.3) is 0 Å². The summed E-state index contributed by atoms with van der Waals surface area (Å²) in [5, 5.41) is 16.9. The Morgan fingerprint density at radius 2 is 2.00 bits per heavy atom. The lowest BCUT2D eigenvalue weighted by Crippen LogP contribution is -2.05. The number of hydrogen-bond donors (Lipinski definition) is 0. The maximum absolute atomic E-state index is 8.83. The highest BCUT2D eigenvalue weighted by molar-refractivity contribution is 4.84. The molecule has 14 heavy (non-hydrogen) atoms. The standard InChI is InChI=1S/C11H21N3/c1-4-5-6-13-14-9-11(8-12)7-10(2)3/h10-11H,4-7,9H2,1-3H3. The van der Waals surface area contributed by atoms with Crippen molar-refractivity contribution in [3.8, 4) is 6.07 Å². The van der Waals surface area contributed by atoms with Crippen molar-refractivity contribution in [2.45, 2.75) is 40.0 Å². The van der Waals surface area contributed by atoms with Gasteiger partial charge in [-0.3, -0.25) is 0 Å². The molecular formula is C11H21N3. The lowest BCUT2D eigenvalue weighted by molar-refractivity contribution is 0.483. The fraction of sp³-hybridized carbons (Fsp3) is 0.909. The van der Waals surface area contributed by atoms with Crippen molar-refractivity contribution in [2.75, 3.05) is 13.1 Å². The van der Waals surface area contributed by atoms with E-state index in [0.29, 0.717) is 12.5 Å². The van der Waals surface area contributed by atoms with E-state index in [0.717, 1.165) is 25.8 Å². The van der Waals surface area contributed by atoms with Gasteiger partial charge in [0, 0.05) is 0 Å². The Hall–Kier alpha value is -0.910. The monoisotopic (exact) mass is 195 g/mol. The molecule has 0 fully saturated rings. The smallest absolute Gasteiger partial charge is 0.0757 e. The first-order valence-electron chi connectivity index (χ1n) is 5.43. The lowest BCUT2D eigenvalue weighted by atomic mass is 9.99. The third kappa shape index (κ3) is 7.72. The molecule has 0 saturated carbocycles. The van der Waals surface area contributed by atoms with Crippen LogP contribution < -0.4 is 0 Å². The van der Waals surface area contributed by atoms with Gasteiger partial charge in [-0.05, 0) is 18.8 Å². The summed E-state index contributed by atoms with van der Waals surface area (Å²) in [6.45, 7) is 7.75. The molecule has 0 aliphatic carbocycles. The van der Waals surface area contributed by atoms with E-state index in [1.165, 1.54) is 0 Å². The van der Waals surface area contributed by atoms with Crippen LogP contribution in [0, 0.1) is 23.2 Å². The van der Waals surface area contributed by atoms with Crippen LogP contribution in [0.15, 0.2) is 10.2 Å². The molecule has 0 heterocycles. The van der Waals surface area contributed by atoms with E-state index in [1.807, 2.05) is 0 Å². The van der Waals surface area contributed by atoms with Gasteiger partial charge in [0.25, 0.3) is 0 Å². The fourth-order valence-electron chi connectivity index (χ4n) is 1.19. The highest BCUT2D eigenvalue weighted by Crippen LogP contribution is 2.11. The van der Waals surface area contributed by atoms with Gasteiger partial charge in [0.05, 0.1) is 25.1 Å². The molecule has 0 saturated heterocycles. The average molecular weight is 195 g/mol. The number of unbranched alkanes of at least 4 members (excludes halogenated alkanes) is 1. The molecule has 0 radical (unpaired) electrons. The molecular weight excluding hydrogens is 174 g/mol. The molecule has 3 nitrogen and oxygen atoms in total. The molecule has 0 aliphatic rings. The number of azo groups is 1. The summed E-state index contributed by atoms with van der Waals surface area (Å²) < 4.78 is 0. The van der Waals surface area contributed by atoms with E-state index in [1.54, 1.807) is 0 Å². The maximum atomic E-state index is 8.83. The second-order valence-electron chi connectivity index (χ2n) is 4.00. The molecule has 0 aliphatic heterocycles. The third-order valence-corrected chi connectivity index (χ3v) is 1.95. The van der Waals surface area contributed by atoms with E-state index in [9.17, 15) is 0 Å². The van der Waals surface area contributed by atoms with E-state index in [-0.39, 0.29) is 5.92 Å². The Morgan fingerprint density at radius 1 is 1.29 bits per heavy atom. The number of nitriles is 1. The van der Waals surface area contributed by atoms with Crippen LogP contribution in [0.3, 0.4) is 0 Å². The molecule has 0 aromatic rings. The van der Waals surface area contributed by atoms with Gasteiger partial charge in [-0.1, -0.05) is 27.2 Å². The van der Waals surface area contributed by atoms with Gasteiger partial charge in [-0.2, -0.15) is 15.5 Å². The quantitative estimate of drug-likeness (QED) is 0.453. The molecule has 0 N–H and O–H groups in total. The number of rotatable bonds is 7. The van der Waals surface area contributed by atoms with Crippen LogP contribution in [-0.4, -0.2) is 13.1 Å². The molecule has 1 atom stereocenters. The predicted octanol–water partition coefficient (Wildman–Crippen LogP) is 3.42. The average Bonchev–Trinajstić information content (AvgIpc) is 2.15. The van der Waals surface area contributed by atoms with Crippen molar-refractivity contribution < 1.29 is 0 Å². The lowest BCUT2D eigenvalue weighted by Gasteiger charge is -2.07. The zero-order valence-corrected chi connectivity index (χ0v) is 9.53. The van der Waals surface area contributed by atoms with Crippen LogP contribution >= 0.6 is 0 Å². The highest BCUT2D eigenvalue weighted by atomic mass is 15.1. The molecule has 0 aromatic heterocycles. The van der Waals surface area contributed by atoms with E-state index >= 15 is 0 Å². The zero-order valence-electron chi connectivity index (χ0n) is 9.53. The van der Waals surface area contributed by atoms with Crippen molar-refractivity contribution in [1.29, 1.82) is 5.26 Å². The summed E-state index contributed by atoms with van der Waals surface area (Å²) >= 11 is 0. The summed E-state index contributed by atoms with van der Waals surface area (Å²) in [5.74, 6) is 0.603. The molecule has 0 aromatic carbocycles. The van der Waals surface area contributed by atoms with Crippen LogP contribution in [0.5, 0.6) is 0 Å². The van der Waals surface area contributed by atoms with Crippen LogP contribution in [-0.2, 0) is 0 Å². The second kappa shape index (κ2) is 8.68. The Kier molecular flexibility index (Phi) is 8.11. The molecule has 1 unspecified atom stereocenters. The fourth-order valence-corrected chi connectivity index (χ4v) is 1.19. The number of nitrogens with zero attached hydrogens (tertiary/aromatic N) is 3. The van der Waals surface area contributed by atoms with Crippen LogP contribution in [0.4, 0.5) is 0 Å². The third-order valence-electron chi connectivity index (χ3n) is 1.95. The Balaban J connectivity index is 3.62. The SMILES string of the molecule is CCCCN=NCC(C#N)CC(C)C. The largest absolute Gasteiger partial charge is 0.198 e. The first kappa shape index (κ1) is 13.1. The van der Waals surface area contributed by atoms with Crippen molar-refractivity contribution >= 4 is 0 Å². The second-order valence-corrected chi connectivity index (χ2v) is 4.00. The summed E-state index contributed by atoms with van der Waals surface area (Å²) in [4.78, 5) is 0. The van der Waals surface area contributed by atoms with E-state index < -0.39 is 0 Å². The summed E-state index contributed by atoms with van der Waals surface area (Å²) in [7, 11) is 0. The van der Waals surface area contributed by atoms with Crippen LogP contribution in [0.2, 0.25) is 0 Å². The summed E-state index contributed by atoms with van der Waals surface area (Å²) in [6, 6.07) is 2.27. The maximum Gasteiger partial charge on any atom is 0.0757 e. The normalized spacial score (nSPS) is 13.4. The van der Waals surface area contributed by atoms with Gasteiger partial charge >= 0.3 is 0 Å². The minimum absolute atomic E-state index is 0.0420. The Morgan fingerprint density at radius 3 is 2.50 bits per heavy atom. The first-order valence-corrected chi connectivity index (χ1v) is 5.43. The molecule has 0 rings (SSSR count).